The Morgan fingerprint density at radius 3 is 1.50 bits per heavy atom. The fourth-order valence-corrected chi connectivity index (χ4v) is 9.75. The van der Waals surface area contributed by atoms with Crippen LogP contribution in [-0.2, 0) is 52.4 Å². The Morgan fingerprint density at radius 2 is 0.988 bits per heavy atom. The van der Waals surface area contributed by atoms with Gasteiger partial charge < -0.3 is 44.4 Å². The van der Waals surface area contributed by atoms with E-state index in [0.29, 0.717) is 124 Å². The first-order chi connectivity index (χ1) is 39.2. The van der Waals surface area contributed by atoms with Gasteiger partial charge in [-0.05, 0) is 145 Å². The summed E-state index contributed by atoms with van der Waals surface area (Å²) in [6, 6.07) is -0.688. The number of hydrogen-bond acceptors (Lipinski definition) is 11. The van der Waals surface area contributed by atoms with Crippen molar-refractivity contribution in [2.24, 2.45) is 10.8 Å². The maximum absolute atomic E-state index is 13.6. The van der Waals surface area contributed by atoms with E-state index in [2.05, 4.69) is 102 Å². The lowest BCUT2D eigenvalue weighted by atomic mass is 9.72. The summed E-state index contributed by atoms with van der Waals surface area (Å²) in [4.78, 5) is 63.4. The van der Waals surface area contributed by atoms with Gasteiger partial charge in [-0.25, -0.2) is 0 Å². The predicted octanol–water partition coefficient (Wildman–Crippen LogP) is 12.5. The number of nitrogens with one attached hydrogen (secondary N) is 3. The summed E-state index contributed by atoms with van der Waals surface area (Å²) in [6.07, 6.45) is 35.4. The number of ether oxygens (including phenoxy) is 6. The summed E-state index contributed by atoms with van der Waals surface area (Å²) in [5.74, 6) is -0.501. The van der Waals surface area contributed by atoms with E-state index >= 15 is 0 Å². The number of Topliss-reactive ketones (excluding diaryl/α,β-unsaturated/α-hetero) is 2. The van der Waals surface area contributed by atoms with E-state index in [1.165, 1.54) is 54.1 Å². The molecule has 0 aromatic carbocycles. The van der Waals surface area contributed by atoms with Gasteiger partial charge in [0.15, 0.2) is 5.78 Å². The minimum absolute atomic E-state index is 0.0753. The molecule has 0 spiro atoms. The van der Waals surface area contributed by atoms with Crippen LogP contribution in [0.1, 0.15) is 172 Å². The van der Waals surface area contributed by atoms with Gasteiger partial charge in [0, 0.05) is 57.5 Å². The Morgan fingerprint density at radius 1 is 0.512 bits per heavy atom. The van der Waals surface area contributed by atoms with Crippen molar-refractivity contribution in [3.8, 4) is 0 Å². The maximum Gasteiger partial charge on any atom is 0.244 e. The Labute approximate surface area is 494 Å². The molecule has 2 aliphatic rings. The second-order valence-electron chi connectivity index (χ2n) is 23.1. The zero-order valence-electron chi connectivity index (χ0n) is 52.5. The van der Waals surface area contributed by atoms with Crippen LogP contribution in [0.3, 0.4) is 0 Å². The van der Waals surface area contributed by atoms with Crippen molar-refractivity contribution in [3.63, 3.8) is 0 Å². The summed E-state index contributed by atoms with van der Waals surface area (Å²) >= 11 is 0. The molecule has 3 amide bonds. The van der Waals surface area contributed by atoms with Gasteiger partial charge in [-0.15, -0.1) is 0 Å². The van der Waals surface area contributed by atoms with E-state index in [-0.39, 0.29) is 59.6 Å². The lowest BCUT2D eigenvalue weighted by Crippen LogP contribution is -2.40. The van der Waals surface area contributed by atoms with E-state index in [1.807, 2.05) is 51.2 Å². The first kappa shape index (κ1) is 73.0. The Hall–Kier alpha value is -5.09. The fraction of sp³-hybridized carbons (Fsp3) is 0.632. The van der Waals surface area contributed by atoms with Crippen LogP contribution in [0.25, 0.3) is 0 Å². The minimum atomic E-state index is -0.688. The predicted molar refractivity (Wildman–Crippen MR) is 332 cm³/mol. The van der Waals surface area contributed by atoms with Crippen LogP contribution in [-0.4, -0.2) is 128 Å². The Kier molecular flexibility index (Phi) is 38.8. The monoisotopic (exact) mass is 1140 g/mol. The highest BCUT2D eigenvalue weighted by atomic mass is 16.6. The number of amides is 3. The second kappa shape index (κ2) is 43.5. The van der Waals surface area contributed by atoms with Gasteiger partial charge in [0.25, 0.3) is 0 Å². The molecule has 0 heterocycles. The second-order valence-corrected chi connectivity index (χ2v) is 23.1. The molecule has 0 unspecified atom stereocenters. The smallest absolute Gasteiger partial charge is 0.244 e. The highest BCUT2D eigenvalue weighted by Crippen LogP contribution is 2.42. The summed E-state index contributed by atoms with van der Waals surface area (Å²) in [7, 11) is 0. The van der Waals surface area contributed by atoms with Crippen molar-refractivity contribution in [3.05, 3.63) is 117 Å². The molecule has 0 fully saturated rings. The molecule has 82 heavy (non-hydrogen) atoms. The van der Waals surface area contributed by atoms with Gasteiger partial charge >= 0.3 is 0 Å². The van der Waals surface area contributed by atoms with Crippen molar-refractivity contribution in [1.29, 1.82) is 0 Å². The fourth-order valence-electron chi connectivity index (χ4n) is 9.75. The first-order valence-electron chi connectivity index (χ1n) is 30.4. The Balaban J connectivity index is 1.77. The van der Waals surface area contributed by atoms with Crippen LogP contribution in [0, 0.1) is 10.8 Å². The normalized spacial score (nSPS) is 16.8. The minimum Gasteiger partial charge on any atom is -0.379 e. The lowest BCUT2D eigenvalue weighted by Gasteiger charge is -2.33. The average Bonchev–Trinajstić information content (AvgIpc) is 3.54. The number of rotatable bonds is 44. The molecule has 0 saturated carbocycles. The van der Waals surface area contributed by atoms with Crippen LogP contribution in [0.15, 0.2) is 117 Å². The van der Waals surface area contributed by atoms with Crippen LogP contribution in [0.2, 0.25) is 0 Å². The third kappa shape index (κ3) is 35.1. The standard InChI is InChI=1S/C68H107N3O11/c1-12-20-59(72)33-40-78-44-47-81-49-50-82-48-45-79-41-34-64(74)70-38-42-80-46-43-77-39-19-28-63(73)62(71-66(76)52-56(5)24-16-22-54(3)30-32-61-58(7)26-18-36-68(61,10)11)27-13-14-37-69-65(75)51-55(4)23-15-21-53(2)29-31-60-57(6)25-17-35-67(60,8)9/h15-16,21-24,29-32,51-52,62H,12-14,17-20,25-28,33-50H2,1-11H3,(H,69,75)(H,70,74)(H,71,76)/b23-15+,24-16+,31-29+,32-30+,53-21+,54-22+,55-51+,56-52+/t62-/m1/s1. The van der Waals surface area contributed by atoms with Crippen LogP contribution >= 0.6 is 0 Å². The van der Waals surface area contributed by atoms with Crippen LogP contribution < -0.4 is 16.0 Å². The maximum atomic E-state index is 13.6. The zero-order chi connectivity index (χ0) is 60.4. The van der Waals surface area contributed by atoms with Gasteiger partial charge in [-0.3, -0.25) is 24.0 Å². The van der Waals surface area contributed by atoms with Crippen molar-refractivity contribution in [1.82, 2.24) is 16.0 Å². The number of ketones is 2. The van der Waals surface area contributed by atoms with E-state index in [1.54, 1.807) is 6.08 Å². The SMILES string of the molecule is CCCC(=O)CCOCCOCCOCCOCCC(=O)NCCOCCOCCCC(=O)[C@@H](CCCCNC(=O)/C=C(C)/C=C/C=C(C)/C=C/C1=C(C)CCCC1(C)C)NC(=O)/C=C(C)/C=C/C=C(C)/C=C/C1=C(C)CCCC1(C)C. The molecule has 0 radical (unpaired) electrons. The summed E-state index contributed by atoms with van der Waals surface area (Å²) in [6.45, 7) is 29.0. The summed E-state index contributed by atoms with van der Waals surface area (Å²) in [5.41, 5.74) is 9.97. The summed E-state index contributed by atoms with van der Waals surface area (Å²) in [5, 5.41) is 8.74. The molecular weight excluding hydrogens is 1030 g/mol. The highest BCUT2D eigenvalue weighted by Gasteiger charge is 2.27. The largest absolute Gasteiger partial charge is 0.379 e. The number of hydrogen-bond donors (Lipinski definition) is 3. The molecule has 14 nitrogen and oxygen atoms in total. The molecule has 14 heteroatoms. The quantitative estimate of drug-likeness (QED) is 0.0301. The zero-order valence-corrected chi connectivity index (χ0v) is 52.5. The van der Waals surface area contributed by atoms with E-state index in [4.69, 9.17) is 28.4 Å². The molecule has 0 aliphatic heterocycles. The average molecular weight is 1140 g/mol. The lowest BCUT2D eigenvalue weighted by molar-refractivity contribution is -0.126. The van der Waals surface area contributed by atoms with Crippen molar-refractivity contribution < 1.29 is 52.4 Å². The van der Waals surface area contributed by atoms with Gasteiger partial charge in [-0.2, -0.15) is 0 Å². The Bertz CT molecular complexity index is 2270. The van der Waals surface area contributed by atoms with Crippen LogP contribution in [0.4, 0.5) is 0 Å². The molecule has 1 atom stereocenters. The van der Waals surface area contributed by atoms with Crippen molar-refractivity contribution in [2.75, 3.05) is 92.4 Å². The van der Waals surface area contributed by atoms with Crippen molar-refractivity contribution in [2.45, 2.75) is 179 Å². The van der Waals surface area contributed by atoms with Gasteiger partial charge in [0.05, 0.1) is 78.7 Å². The third-order valence-corrected chi connectivity index (χ3v) is 14.5. The number of unbranched alkanes of at least 4 members (excludes halogenated alkanes) is 1. The molecular formula is C68H107N3O11. The molecule has 2 aliphatic carbocycles. The first-order valence-corrected chi connectivity index (χ1v) is 30.4. The molecule has 3 N–H and O–H groups in total. The molecule has 0 aromatic rings. The number of carbonyl (C=O) groups excluding carboxylic acids is 5. The number of allylic oxidation sites excluding steroid dienone is 18. The van der Waals surface area contributed by atoms with E-state index in [9.17, 15) is 24.0 Å². The molecule has 0 saturated heterocycles. The van der Waals surface area contributed by atoms with Crippen molar-refractivity contribution >= 4 is 29.3 Å². The molecule has 460 valence electrons. The molecule has 0 bridgehead atoms. The van der Waals surface area contributed by atoms with Gasteiger partial charge in [0.2, 0.25) is 17.7 Å². The third-order valence-electron chi connectivity index (χ3n) is 14.5. The topological polar surface area (TPSA) is 177 Å². The van der Waals surface area contributed by atoms with E-state index < -0.39 is 6.04 Å². The van der Waals surface area contributed by atoms with Gasteiger partial charge in [0.1, 0.15) is 5.78 Å². The number of carbonyl (C=O) groups is 5. The van der Waals surface area contributed by atoms with Crippen LogP contribution in [0.5, 0.6) is 0 Å². The van der Waals surface area contributed by atoms with E-state index in [0.717, 1.165) is 41.6 Å². The van der Waals surface area contributed by atoms with Gasteiger partial charge in [-0.1, -0.05) is 118 Å². The highest BCUT2D eigenvalue weighted by molar-refractivity contribution is 5.94. The summed E-state index contributed by atoms with van der Waals surface area (Å²) < 4.78 is 33.2. The molecule has 0 aromatic heterocycles. The molecule has 2 rings (SSSR count).